The van der Waals surface area contributed by atoms with Gasteiger partial charge in [0, 0.05) is 31.1 Å². The van der Waals surface area contributed by atoms with Crippen molar-refractivity contribution in [1.82, 2.24) is 15.1 Å². The van der Waals surface area contributed by atoms with E-state index in [9.17, 15) is 9.90 Å². The minimum atomic E-state index is -0.143. The number of hydrogen-bond donors (Lipinski definition) is 2. The number of nitrogens with zero attached hydrogens (tertiary/aromatic N) is 2. The molecular weight excluding hydrogens is 458 g/mol. The fourth-order valence-electron chi connectivity index (χ4n) is 7.31. The number of nitrogens with one attached hydrogen (secondary N) is 1. The summed E-state index contributed by atoms with van der Waals surface area (Å²) in [6, 6.07) is 18.8. The standard InChI is InChI=1S/C32H45N3O2/c1-25-24-35(18-9-12-26-10-4-2-5-11-26)32(28-13-8-14-30(36)21-28)22-27(25)20-29(23-32)33-31(37)15-19-34-16-6-3-7-17-34/h2,4-5,8,10-11,13-14,21,25,27,29,36H,3,6-7,9,12,15-20,22-24H2,1H3,(H,33,37)/t25-,27+,29-,32-/m1/s1. The van der Waals surface area contributed by atoms with E-state index < -0.39 is 0 Å². The molecule has 2 bridgehead atoms. The maximum Gasteiger partial charge on any atom is 0.221 e. The van der Waals surface area contributed by atoms with E-state index >= 15 is 0 Å². The second-order valence-electron chi connectivity index (χ2n) is 11.9. The molecule has 1 saturated carbocycles. The molecular formula is C32H45N3O2. The molecule has 5 nitrogen and oxygen atoms in total. The molecule has 2 aromatic rings. The van der Waals surface area contributed by atoms with Crippen LogP contribution in [0.25, 0.3) is 0 Å². The summed E-state index contributed by atoms with van der Waals surface area (Å²) in [6.07, 6.45) is 9.70. The third-order valence-corrected chi connectivity index (χ3v) is 9.28. The van der Waals surface area contributed by atoms with Gasteiger partial charge in [0.1, 0.15) is 5.75 Å². The summed E-state index contributed by atoms with van der Waals surface area (Å²) < 4.78 is 0. The summed E-state index contributed by atoms with van der Waals surface area (Å²) in [7, 11) is 0. The molecule has 2 aliphatic heterocycles. The highest BCUT2D eigenvalue weighted by molar-refractivity contribution is 5.76. The largest absolute Gasteiger partial charge is 0.508 e. The first-order valence-corrected chi connectivity index (χ1v) is 14.6. The lowest BCUT2D eigenvalue weighted by molar-refractivity contribution is -0.124. The van der Waals surface area contributed by atoms with Crippen molar-refractivity contribution in [2.24, 2.45) is 11.8 Å². The van der Waals surface area contributed by atoms with Crippen LogP contribution in [-0.2, 0) is 16.8 Å². The van der Waals surface area contributed by atoms with E-state index in [-0.39, 0.29) is 17.5 Å². The molecule has 2 N–H and O–H groups in total. The van der Waals surface area contributed by atoms with Gasteiger partial charge < -0.3 is 15.3 Å². The fourth-order valence-corrected chi connectivity index (χ4v) is 7.31. The van der Waals surface area contributed by atoms with E-state index in [1.165, 1.54) is 30.4 Å². The summed E-state index contributed by atoms with van der Waals surface area (Å²) in [4.78, 5) is 18.2. The third-order valence-electron chi connectivity index (χ3n) is 9.28. The molecule has 2 saturated heterocycles. The Labute approximate surface area is 223 Å². The SMILES string of the molecule is C[C@@H]1CN(CCCc2ccccc2)[C@@]2(c3cccc(O)c3)C[C@H](NC(=O)CCN3CCCCC3)C[C@H]1C2. The van der Waals surface area contributed by atoms with Gasteiger partial charge in [0.05, 0.1) is 0 Å². The van der Waals surface area contributed by atoms with Crippen LogP contribution >= 0.6 is 0 Å². The van der Waals surface area contributed by atoms with Crippen LogP contribution in [0.4, 0.5) is 0 Å². The highest BCUT2D eigenvalue weighted by atomic mass is 16.3. The number of aryl methyl sites for hydroxylation is 1. The number of carbonyl (C=O) groups excluding carboxylic acids is 1. The van der Waals surface area contributed by atoms with Crippen LogP contribution in [-0.4, -0.2) is 59.6 Å². The van der Waals surface area contributed by atoms with Crippen molar-refractivity contribution in [2.75, 3.05) is 32.7 Å². The van der Waals surface area contributed by atoms with Crippen molar-refractivity contribution in [2.45, 2.75) is 76.3 Å². The Morgan fingerprint density at radius 2 is 1.84 bits per heavy atom. The van der Waals surface area contributed by atoms with Crippen molar-refractivity contribution < 1.29 is 9.90 Å². The van der Waals surface area contributed by atoms with Gasteiger partial charge >= 0.3 is 0 Å². The van der Waals surface area contributed by atoms with E-state index in [0.717, 1.165) is 64.8 Å². The molecule has 0 radical (unpaired) electrons. The quantitative estimate of drug-likeness (QED) is 0.486. The average Bonchev–Trinajstić information content (AvgIpc) is 2.91. The Morgan fingerprint density at radius 1 is 1.03 bits per heavy atom. The summed E-state index contributed by atoms with van der Waals surface area (Å²) in [6.45, 7) is 7.63. The normalized spacial score (nSPS) is 28.6. The van der Waals surface area contributed by atoms with Crippen LogP contribution in [0, 0.1) is 11.8 Å². The number of benzene rings is 2. The number of hydrogen-bond acceptors (Lipinski definition) is 4. The highest BCUT2D eigenvalue weighted by Crippen LogP contribution is 2.51. The summed E-state index contributed by atoms with van der Waals surface area (Å²) in [5, 5.41) is 13.9. The van der Waals surface area contributed by atoms with Crippen LogP contribution in [0.1, 0.15) is 69.4 Å². The van der Waals surface area contributed by atoms with E-state index in [1.807, 2.05) is 12.1 Å². The molecule has 4 atom stereocenters. The third kappa shape index (κ3) is 6.38. The molecule has 5 heteroatoms. The number of piperidine rings is 2. The zero-order valence-electron chi connectivity index (χ0n) is 22.6. The van der Waals surface area contributed by atoms with Gasteiger partial charge in [0.2, 0.25) is 5.91 Å². The lowest BCUT2D eigenvalue weighted by atomic mass is 9.62. The van der Waals surface area contributed by atoms with E-state index in [1.54, 1.807) is 6.07 Å². The molecule has 200 valence electrons. The molecule has 1 aliphatic carbocycles. The van der Waals surface area contributed by atoms with Crippen LogP contribution in [0.5, 0.6) is 5.75 Å². The number of fused-ring (bicyclic) bond motifs is 2. The number of rotatable bonds is 9. The zero-order valence-corrected chi connectivity index (χ0v) is 22.6. The topological polar surface area (TPSA) is 55.8 Å². The van der Waals surface area contributed by atoms with Crippen LogP contribution < -0.4 is 5.32 Å². The number of aromatic hydroxyl groups is 1. The summed E-state index contributed by atoms with van der Waals surface area (Å²) in [5.74, 6) is 1.70. The number of likely N-dealkylation sites (tertiary alicyclic amines) is 2. The molecule has 37 heavy (non-hydrogen) atoms. The van der Waals surface area contributed by atoms with Crippen LogP contribution in [0.2, 0.25) is 0 Å². The highest BCUT2D eigenvalue weighted by Gasteiger charge is 2.51. The van der Waals surface area contributed by atoms with Gasteiger partial charge in [0.15, 0.2) is 0 Å². The van der Waals surface area contributed by atoms with Crippen molar-refractivity contribution in [3.05, 3.63) is 65.7 Å². The maximum absolute atomic E-state index is 13.1. The van der Waals surface area contributed by atoms with Gasteiger partial charge in [-0.3, -0.25) is 9.69 Å². The van der Waals surface area contributed by atoms with Gasteiger partial charge in [-0.05, 0) is 99.7 Å². The van der Waals surface area contributed by atoms with E-state index in [2.05, 4.69) is 58.4 Å². The van der Waals surface area contributed by atoms with E-state index in [4.69, 9.17) is 0 Å². The molecule has 2 aromatic carbocycles. The van der Waals surface area contributed by atoms with Gasteiger partial charge in [0.25, 0.3) is 0 Å². The Bertz CT molecular complexity index is 1020. The summed E-state index contributed by atoms with van der Waals surface area (Å²) >= 11 is 0. The van der Waals surface area contributed by atoms with Gasteiger partial charge in [-0.1, -0.05) is 55.8 Å². The number of amides is 1. The molecule has 1 amide bonds. The van der Waals surface area contributed by atoms with Crippen LogP contribution in [0.3, 0.4) is 0 Å². The Morgan fingerprint density at radius 3 is 2.62 bits per heavy atom. The first kappa shape index (κ1) is 26.2. The first-order valence-electron chi connectivity index (χ1n) is 14.6. The number of phenolic OH excluding ortho intramolecular Hbond substituents is 1. The second kappa shape index (κ2) is 12.0. The fraction of sp³-hybridized carbons (Fsp3) is 0.594. The Kier molecular flexibility index (Phi) is 8.51. The number of carbonyl (C=O) groups is 1. The Hall–Kier alpha value is -2.37. The predicted octanol–water partition coefficient (Wildman–Crippen LogP) is 5.33. The molecule has 3 fully saturated rings. The second-order valence-corrected chi connectivity index (χ2v) is 11.9. The average molecular weight is 504 g/mol. The molecule has 5 rings (SSSR count). The number of phenols is 1. The van der Waals surface area contributed by atoms with Crippen molar-refractivity contribution in [3.8, 4) is 5.75 Å². The lowest BCUT2D eigenvalue weighted by Gasteiger charge is -2.57. The van der Waals surface area contributed by atoms with E-state index in [0.29, 0.717) is 24.0 Å². The summed E-state index contributed by atoms with van der Waals surface area (Å²) in [5.41, 5.74) is 2.45. The van der Waals surface area contributed by atoms with Crippen molar-refractivity contribution >= 4 is 5.91 Å². The molecule has 0 spiro atoms. The zero-order chi connectivity index (χ0) is 25.7. The monoisotopic (exact) mass is 503 g/mol. The van der Waals surface area contributed by atoms with Crippen LogP contribution in [0.15, 0.2) is 54.6 Å². The van der Waals surface area contributed by atoms with Gasteiger partial charge in [-0.25, -0.2) is 0 Å². The lowest BCUT2D eigenvalue weighted by Crippen LogP contribution is -2.61. The minimum Gasteiger partial charge on any atom is -0.508 e. The van der Waals surface area contributed by atoms with Gasteiger partial charge in [-0.15, -0.1) is 0 Å². The smallest absolute Gasteiger partial charge is 0.221 e. The first-order chi connectivity index (χ1) is 18.0. The Balaban J connectivity index is 1.31. The molecule has 0 aromatic heterocycles. The molecule has 3 aliphatic rings. The van der Waals surface area contributed by atoms with Crippen molar-refractivity contribution in [3.63, 3.8) is 0 Å². The predicted molar refractivity (Wildman–Crippen MR) is 149 cm³/mol. The minimum absolute atomic E-state index is 0.143. The van der Waals surface area contributed by atoms with Crippen molar-refractivity contribution in [1.29, 1.82) is 0 Å². The maximum atomic E-state index is 13.1. The molecule has 0 unspecified atom stereocenters. The van der Waals surface area contributed by atoms with Gasteiger partial charge in [-0.2, -0.15) is 0 Å². The molecule has 2 heterocycles.